The number of hydrogen-bond donors (Lipinski definition) is 5. The molecule has 0 saturated heterocycles. The number of fused-ring (bicyclic) bond motifs is 1. The summed E-state index contributed by atoms with van der Waals surface area (Å²) < 4.78 is 0.699. The highest BCUT2D eigenvalue weighted by Crippen LogP contribution is 2.28. The minimum absolute atomic E-state index is 0. The van der Waals surface area contributed by atoms with Gasteiger partial charge in [-0.3, -0.25) is 10.1 Å². The maximum atomic E-state index is 11.7. The second-order valence-corrected chi connectivity index (χ2v) is 9.73. The number of benzene rings is 2. The van der Waals surface area contributed by atoms with Gasteiger partial charge in [0.25, 0.3) is 0 Å². The van der Waals surface area contributed by atoms with Crippen molar-refractivity contribution in [1.82, 2.24) is 15.6 Å². The van der Waals surface area contributed by atoms with E-state index in [0.717, 1.165) is 36.3 Å². The summed E-state index contributed by atoms with van der Waals surface area (Å²) in [5.74, 6) is 0.0540. The third kappa shape index (κ3) is 7.97. The third-order valence-electron chi connectivity index (χ3n) is 6.29. The molecule has 1 heterocycles. The maximum Gasteiger partial charge on any atom is 0.305 e. The molecule has 34 heavy (non-hydrogen) atoms. The van der Waals surface area contributed by atoms with E-state index in [2.05, 4.69) is 39.9 Å². The van der Waals surface area contributed by atoms with Crippen LogP contribution in [0.15, 0.2) is 41.2 Å². The summed E-state index contributed by atoms with van der Waals surface area (Å²) in [5, 5.41) is 27.2. The van der Waals surface area contributed by atoms with E-state index in [1.807, 2.05) is 0 Å². The Morgan fingerprint density at radius 3 is 2.47 bits per heavy atom. The molecule has 0 aliphatic heterocycles. The third-order valence-corrected chi connectivity index (χ3v) is 7.25. The normalized spacial score (nSPS) is 15.0. The molecule has 2 aromatic carbocycles. The number of aliphatic hydroxyl groups excluding tert-OH is 1. The molecule has 0 amide bonds. The van der Waals surface area contributed by atoms with Crippen LogP contribution in [0.5, 0.6) is 5.75 Å². The molecule has 1 unspecified atom stereocenters. The molecule has 1 aliphatic carbocycles. The van der Waals surface area contributed by atoms with Gasteiger partial charge in [0.05, 0.1) is 4.70 Å². The fourth-order valence-electron chi connectivity index (χ4n) is 4.57. The van der Waals surface area contributed by atoms with Gasteiger partial charge in [-0.05, 0) is 55.0 Å². The summed E-state index contributed by atoms with van der Waals surface area (Å²) in [7, 11) is 0. The van der Waals surface area contributed by atoms with E-state index >= 15 is 0 Å². The van der Waals surface area contributed by atoms with Crippen LogP contribution in [0.1, 0.15) is 48.8 Å². The van der Waals surface area contributed by atoms with E-state index in [4.69, 9.17) is 0 Å². The Bertz CT molecular complexity index is 1080. The highest BCUT2D eigenvalue weighted by Gasteiger charge is 2.14. The molecule has 3 aromatic rings. The Balaban J connectivity index is 0.00000204. The lowest BCUT2D eigenvalue weighted by Crippen LogP contribution is -2.32. The number of aliphatic hydroxyl groups is 1. The van der Waals surface area contributed by atoms with Crippen molar-refractivity contribution < 1.29 is 10.2 Å². The monoisotopic (exact) mass is 527 g/mol. The number of rotatable bonds is 10. The minimum atomic E-state index is -0.720. The Morgan fingerprint density at radius 1 is 1.03 bits per heavy atom. The molecule has 6 nitrogen and oxygen atoms in total. The predicted molar refractivity (Wildman–Crippen MR) is 145 cm³/mol. The van der Waals surface area contributed by atoms with Crippen molar-refractivity contribution in [2.45, 2.75) is 63.6 Å². The molecule has 1 aliphatic rings. The van der Waals surface area contributed by atoms with Crippen molar-refractivity contribution in [1.29, 1.82) is 0 Å². The van der Waals surface area contributed by atoms with Gasteiger partial charge in [-0.25, -0.2) is 0 Å². The fourth-order valence-corrected chi connectivity index (χ4v) is 5.44. The summed E-state index contributed by atoms with van der Waals surface area (Å²) >= 11 is 1.06. The van der Waals surface area contributed by atoms with E-state index in [0.29, 0.717) is 29.2 Å². The lowest BCUT2D eigenvalue weighted by atomic mass is 9.95. The molecular formula is C25H35Cl2N3O3S. The highest BCUT2D eigenvalue weighted by molar-refractivity contribution is 7.16. The summed E-state index contributed by atoms with van der Waals surface area (Å²) in [6, 6.07) is 12.7. The van der Waals surface area contributed by atoms with Gasteiger partial charge in [0.15, 0.2) is 0 Å². The van der Waals surface area contributed by atoms with Crippen molar-refractivity contribution in [2.75, 3.05) is 13.1 Å². The number of aromatic amines is 1. The van der Waals surface area contributed by atoms with Gasteiger partial charge >= 0.3 is 4.87 Å². The van der Waals surface area contributed by atoms with Crippen LogP contribution in [-0.2, 0) is 19.3 Å². The molecular weight excluding hydrogens is 493 g/mol. The van der Waals surface area contributed by atoms with Crippen molar-refractivity contribution in [3.63, 3.8) is 0 Å². The number of phenolic OH excluding ortho intramolecular Hbond substituents is 1. The number of phenols is 1. The first-order valence-electron chi connectivity index (χ1n) is 11.6. The molecule has 0 bridgehead atoms. The maximum absolute atomic E-state index is 11.7. The van der Waals surface area contributed by atoms with E-state index in [1.165, 1.54) is 43.2 Å². The van der Waals surface area contributed by atoms with Gasteiger partial charge in [-0.2, -0.15) is 0 Å². The van der Waals surface area contributed by atoms with Crippen LogP contribution >= 0.6 is 36.2 Å². The van der Waals surface area contributed by atoms with Crippen LogP contribution in [0, 0.1) is 0 Å². The van der Waals surface area contributed by atoms with E-state index in [-0.39, 0.29) is 35.4 Å². The average molecular weight is 529 g/mol. The highest BCUT2D eigenvalue weighted by atomic mass is 35.5. The van der Waals surface area contributed by atoms with Crippen LogP contribution < -0.4 is 15.5 Å². The fraction of sp³-hybridized carbons (Fsp3) is 0.480. The van der Waals surface area contributed by atoms with Gasteiger partial charge in [-0.1, -0.05) is 60.9 Å². The lowest BCUT2D eigenvalue weighted by Gasteiger charge is -2.22. The van der Waals surface area contributed by atoms with E-state index in [9.17, 15) is 15.0 Å². The summed E-state index contributed by atoms with van der Waals surface area (Å²) in [5.41, 5.74) is 3.89. The number of thiazole rings is 1. The van der Waals surface area contributed by atoms with E-state index in [1.54, 1.807) is 12.1 Å². The molecule has 1 saturated carbocycles. The molecule has 5 N–H and O–H groups in total. The Labute approximate surface area is 217 Å². The quantitative estimate of drug-likeness (QED) is 0.253. The van der Waals surface area contributed by atoms with Crippen molar-refractivity contribution in [3.8, 4) is 5.75 Å². The van der Waals surface area contributed by atoms with Gasteiger partial charge in [-0.15, -0.1) is 24.8 Å². The molecule has 9 heteroatoms. The molecule has 1 aromatic heterocycles. The largest absolute Gasteiger partial charge is 0.506 e. The Kier molecular flexibility index (Phi) is 11.8. The zero-order valence-corrected chi connectivity index (χ0v) is 21.7. The molecule has 1 atom stereocenters. The van der Waals surface area contributed by atoms with E-state index < -0.39 is 6.23 Å². The topological polar surface area (TPSA) is 97.4 Å². The molecule has 0 spiro atoms. The first kappa shape index (κ1) is 28.6. The molecule has 4 rings (SSSR count). The molecule has 0 radical (unpaired) electrons. The predicted octanol–water partition coefficient (Wildman–Crippen LogP) is 4.30. The van der Waals surface area contributed by atoms with Crippen molar-refractivity contribution in [2.24, 2.45) is 0 Å². The average Bonchev–Trinajstić information content (AvgIpc) is 3.19. The minimum Gasteiger partial charge on any atom is -0.506 e. The lowest BCUT2D eigenvalue weighted by molar-refractivity contribution is 0.139. The Hall–Kier alpha value is -1.61. The Morgan fingerprint density at radius 2 is 1.74 bits per heavy atom. The van der Waals surface area contributed by atoms with Gasteiger partial charge in [0.2, 0.25) is 0 Å². The first-order valence-corrected chi connectivity index (χ1v) is 12.5. The second kappa shape index (κ2) is 14.1. The number of aromatic nitrogens is 1. The first-order chi connectivity index (χ1) is 15.6. The van der Waals surface area contributed by atoms with Crippen LogP contribution in [-0.4, -0.2) is 40.6 Å². The van der Waals surface area contributed by atoms with Crippen molar-refractivity contribution in [3.05, 3.63) is 62.8 Å². The van der Waals surface area contributed by atoms with Crippen LogP contribution in [0.2, 0.25) is 0 Å². The number of nitrogens with one attached hydrogen (secondary N) is 3. The molecule has 1 fully saturated rings. The number of hydrogen-bond acceptors (Lipinski definition) is 6. The smallest absolute Gasteiger partial charge is 0.305 e. The zero-order chi connectivity index (χ0) is 22.3. The SMILES string of the molecule is Cl.Cl.O=c1[nH]c2c(O)ccc(CC(O)NCCc3cccc(CCNC4CCCCC4)c3)c2s1. The zero-order valence-electron chi connectivity index (χ0n) is 19.2. The standard InChI is InChI=1S/C25H33N3O3S.2ClH/c29-21-10-9-19(24-23(21)28-25(31)32-24)16-22(30)27-14-12-18-6-4-5-17(15-18)11-13-26-20-7-2-1-3-8-20;;/h4-6,9-10,15,20,22,26-27,29-30H,1-3,7-8,11-14,16H2,(H,28,31);2*1H. The summed E-state index contributed by atoms with van der Waals surface area (Å²) in [6.07, 6.45) is 8.25. The number of aromatic hydroxyl groups is 1. The van der Waals surface area contributed by atoms with Crippen molar-refractivity contribution >= 4 is 46.4 Å². The summed E-state index contributed by atoms with van der Waals surface area (Å²) in [6.45, 7) is 1.69. The van der Waals surface area contributed by atoms with Crippen LogP contribution in [0.25, 0.3) is 10.2 Å². The van der Waals surface area contributed by atoms with Crippen LogP contribution in [0.3, 0.4) is 0 Å². The van der Waals surface area contributed by atoms with Gasteiger partial charge < -0.3 is 20.5 Å². The second-order valence-electron chi connectivity index (χ2n) is 8.75. The van der Waals surface area contributed by atoms with Gasteiger partial charge in [0.1, 0.15) is 17.5 Å². The summed E-state index contributed by atoms with van der Waals surface area (Å²) in [4.78, 5) is 14.1. The number of halogens is 2. The molecule has 188 valence electrons. The van der Waals surface area contributed by atoms with Crippen LogP contribution in [0.4, 0.5) is 0 Å². The van der Waals surface area contributed by atoms with Gasteiger partial charge in [0, 0.05) is 19.0 Å². The number of H-pyrrole nitrogens is 1.